The molecule has 0 spiro atoms. The zero-order valence-electron chi connectivity index (χ0n) is 4.02. The predicted molar refractivity (Wildman–Crippen MR) is 27.4 cm³/mol. The van der Waals surface area contributed by atoms with Crippen LogP contribution in [0.3, 0.4) is 0 Å². The van der Waals surface area contributed by atoms with Gasteiger partial charge in [0.15, 0.2) is 0 Å². The first kappa shape index (κ1) is 6.45. The van der Waals surface area contributed by atoms with Crippen LogP contribution in [0.5, 0.6) is 0 Å². The first-order chi connectivity index (χ1) is 3.31. The van der Waals surface area contributed by atoms with Gasteiger partial charge in [-0.3, -0.25) is 0 Å². The maximum Gasteiger partial charge on any atom is 0.123 e. The summed E-state index contributed by atoms with van der Waals surface area (Å²) in [5.74, 6) is 2.16. The van der Waals surface area contributed by atoms with E-state index in [2.05, 4.69) is 5.92 Å². The second-order valence-electron chi connectivity index (χ2n) is 1.24. The molecule has 0 aromatic carbocycles. The van der Waals surface area contributed by atoms with Crippen LogP contribution in [-0.4, -0.2) is 12.7 Å². The molecule has 2 N–H and O–H groups in total. The van der Waals surface area contributed by atoms with Crippen LogP contribution in [0, 0.1) is 12.3 Å². The van der Waals surface area contributed by atoms with Crippen molar-refractivity contribution in [3.05, 3.63) is 0 Å². The molecule has 0 rings (SSSR count). The summed E-state index contributed by atoms with van der Waals surface area (Å²) in [6, 6.07) is 0. The average molecular weight is 101 g/mol. The van der Waals surface area contributed by atoms with Crippen LogP contribution in [0.15, 0.2) is 0 Å². The minimum atomic E-state index is -1.01. The first-order valence-corrected chi connectivity index (χ1v) is 2.09. The topological polar surface area (TPSA) is 26.0 Å². The molecule has 0 aliphatic carbocycles. The number of halogens is 1. The van der Waals surface area contributed by atoms with Gasteiger partial charge in [-0.1, -0.05) is 0 Å². The molecule has 1 atom stereocenters. The lowest BCUT2D eigenvalue weighted by molar-refractivity contribution is 0.349. The maximum atomic E-state index is 11.9. The Morgan fingerprint density at radius 1 is 1.86 bits per heavy atom. The standard InChI is InChI=1S/C5H8FN/c1-2-3-5(6)4-7/h1,5H,3-4,7H2/t5-/m0/s1. The molecule has 0 aliphatic heterocycles. The van der Waals surface area contributed by atoms with Crippen molar-refractivity contribution in [1.29, 1.82) is 0 Å². The van der Waals surface area contributed by atoms with E-state index in [0.717, 1.165) is 0 Å². The highest BCUT2D eigenvalue weighted by Gasteiger charge is 1.96. The van der Waals surface area contributed by atoms with Gasteiger partial charge in [-0.05, 0) is 0 Å². The fourth-order valence-electron chi connectivity index (χ4n) is 0.211. The van der Waals surface area contributed by atoms with Crippen LogP contribution in [0.4, 0.5) is 4.39 Å². The van der Waals surface area contributed by atoms with Gasteiger partial charge in [-0.2, -0.15) is 0 Å². The number of nitrogens with two attached hydrogens (primary N) is 1. The minimum Gasteiger partial charge on any atom is -0.328 e. The van der Waals surface area contributed by atoms with Crippen molar-refractivity contribution in [2.24, 2.45) is 5.73 Å². The van der Waals surface area contributed by atoms with Crippen LogP contribution in [0.25, 0.3) is 0 Å². The molecule has 40 valence electrons. The lowest BCUT2D eigenvalue weighted by Crippen LogP contribution is -2.13. The summed E-state index contributed by atoms with van der Waals surface area (Å²) in [6.07, 6.45) is 3.89. The summed E-state index contributed by atoms with van der Waals surface area (Å²) in [7, 11) is 0. The molecule has 1 nitrogen and oxygen atoms in total. The van der Waals surface area contributed by atoms with Crippen molar-refractivity contribution in [3.8, 4) is 12.3 Å². The quantitative estimate of drug-likeness (QED) is 0.497. The molecular formula is C5H8FN. The Labute approximate surface area is 42.7 Å². The van der Waals surface area contributed by atoms with Gasteiger partial charge in [0.05, 0.1) is 0 Å². The third-order valence-electron chi connectivity index (χ3n) is 0.595. The Kier molecular flexibility index (Phi) is 3.35. The van der Waals surface area contributed by atoms with Gasteiger partial charge in [0.25, 0.3) is 0 Å². The Morgan fingerprint density at radius 2 is 2.43 bits per heavy atom. The van der Waals surface area contributed by atoms with Crippen LogP contribution in [0.2, 0.25) is 0 Å². The van der Waals surface area contributed by atoms with Crippen molar-refractivity contribution >= 4 is 0 Å². The molecule has 0 saturated carbocycles. The van der Waals surface area contributed by atoms with E-state index in [1.165, 1.54) is 0 Å². The van der Waals surface area contributed by atoms with Gasteiger partial charge in [-0.25, -0.2) is 4.39 Å². The Bertz CT molecular complexity index is 74.6. The first-order valence-electron chi connectivity index (χ1n) is 2.09. The van der Waals surface area contributed by atoms with Gasteiger partial charge >= 0.3 is 0 Å². The summed E-state index contributed by atoms with van der Waals surface area (Å²) < 4.78 is 11.9. The summed E-state index contributed by atoms with van der Waals surface area (Å²) in [6.45, 7) is 0.0319. The van der Waals surface area contributed by atoms with Crippen LogP contribution in [0.1, 0.15) is 6.42 Å². The number of alkyl halides is 1. The van der Waals surface area contributed by atoms with Crippen molar-refractivity contribution < 1.29 is 4.39 Å². The molecule has 7 heavy (non-hydrogen) atoms. The van der Waals surface area contributed by atoms with Crippen LogP contribution >= 0.6 is 0 Å². The molecule has 2 heteroatoms. The van der Waals surface area contributed by atoms with E-state index in [9.17, 15) is 4.39 Å². The Hall–Kier alpha value is -0.550. The summed E-state index contributed by atoms with van der Waals surface area (Å²) >= 11 is 0. The SMILES string of the molecule is C#CC[C@H](F)CN. The van der Waals surface area contributed by atoms with E-state index in [4.69, 9.17) is 12.2 Å². The van der Waals surface area contributed by atoms with Gasteiger partial charge < -0.3 is 5.73 Å². The van der Waals surface area contributed by atoms with Gasteiger partial charge in [0, 0.05) is 13.0 Å². The van der Waals surface area contributed by atoms with Crippen LogP contribution < -0.4 is 5.73 Å². The van der Waals surface area contributed by atoms with Crippen molar-refractivity contribution in [1.82, 2.24) is 0 Å². The second-order valence-corrected chi connectivity index (χ2v) is 1.24. The normalized spacial score (nSPS) is 12.7. The molecule has 0 saturated heterocycles. The molecule has 0 unspecified atom stereocenters. The third kappa shape index (κ3) is 3.28. The van der Waals surface area contributed by atoms with Gasteiger partial charge in [0.2, 0.25) is 0 Å². The predicted octanol–water partition coefficient (Wildman–Crippen LogP) is 0.307. The zero-order chi connectivity index (χ0) is 5.70. The lowest BCUT2D eigenvalue weighted by Gasteiger charge is -1.94. The Balaban J connectivity index is 3.03. The second kappa shape index (κ2) is 3.63. The maximum absolute atomic E-state index is 11.9. The minimum absolute atomic E-state index is 0.0319. The largest absolute Gasteiger partial charge is 0.328 e. The molecule has 0 aromatic rings. The van der Waals surface area contributed by atoms with Crippen molar-refractivity contribution in [2.45, 2.75) is 12.6 Å². The van der Waals surface area contributed by atoms with E-state index in [1.54, 1.807) is 0 Å². The van der Waals surface area contributed by atoms with Crippen molar-refractivity contribution in [3.63, 3.8) is 0 Å². The van der Waals surface area contributed by atoms with E-state index in [0.29, 0.717) is 0 Å². The van der Waals surface area contributed by atoms with E-state index in [1.807, 2.05) is 0 Å². The summed E-state index contributed by atoms with van der Waals surface area (Å²) in [4.78, 5) is 0. The molecule has 0 bridgehead atoms. The zero-order valence-corrected chi connectivity index (χ0v) is 4.02. The average Bonchev–Trinajstić information content (AvgIpc) is 1.68. The van der Waals surface area contributed by atoms with E-state index < -0.39 is 6.17 Å². The molecule has 0 aromatic heterocycles. The highest BCUT2D eigenvalue weighted by atomic mass is 19.1. The Morgan fingerprint density at radius 3 is 2.57 bits per heavy atom. The van der Waals surface area contributed by atoms with Gasteiger partial charge in [0.1, 0.15) is 6.17 Å². The van der Waals surface area contributed by atoms with Crippen molar-refractivity contribution in [2.75, 3.05) is 6.54 Å². The summed E-state index contributed by atoms with van der Waals surface area (Å²) in [5.41, 5.74) is 4.89. The highest BCUT2D eigenvalue weighted by molar-refractivity contribution is 4.86. The highest BCUT2D eigenvalue weighted by Crippen LogP contribution is 1.90. The van der Waals surface area contributed by atoms with Gasteiger partial charge in [-0.15, -0.1) is 12.3 Å². The molecular weight excluding hydrogens is 93.1 g/mol. The smallest absolute Gasteiger partial charge is 0.123 e. The summed E-state index contributed by atoms with van der Waals surface area (Å²) in [5, 5.41) is 0. The third-order valence-corrected chi connectivity index (χ3v) is 0.595. The number of hydrogen-bond acceptors (Lipinski definition) is 1. The molecule has 0 heterocycles. The molecule has 0 aliphatic rings. The molecule has 0 fully saturated rings. The number of terminal acetylenes is 1. The molecule has 0 radical (unpaired) electrons. The monoisotopic (exact) mass is 101 g/mol. The lowest BCUT2D eigenvalue weighted by atomic mass is 10.3. The van der Waals surface area contributed by atoms with E-state index >= 15 is 0 Å². The number of rotatable bonds is 2. The number of hydrogen-bond donors (Lipinski definition) is 1. The fourth-order valence-corrected chi connectivity index (χ4v) is 0.211. The van der Waals surface area contributed by atoms with E-state index in [-0.39, 0.29) is 13.0 Å². The van der Waals surface area contributed by atoms with Crippen LogP contribution in [-0.2, 0) is 0 Å². The molecule has 0 amide bonds. The fraction of sp³-hybridized carbons (Fsp3) is 0.600.